The molecule has 3 N–H and O–H groups in total. The highest BCUT2D eigenvalue weighted by molar-refractivity contribution is 6.39. The van der Waals surface area contributed by atoms with Crippen molar-refractivity contribution < 1.29 is 4.79 Å². The van der Waals surface area contributed by atoms with Crippen LogP contribution >= 0.6 is 23.2 Å². The average Bonchev–Trinajstić information content (AvgIpc) is 2.26. The lowest BCUT2D eigenvalue weighted by molar-refractivity contribution is -0.119. The highest BCUT2D eigenvalue weighted by atomic mass is 35.5. The number of carbonyl (C=O) groups excluding carboxylic acids is 1. The minimum Gasteiger partial charge on any atom is -0.399 e. The van der Waals surface area contributed by atoms with E-state index >= 15 is 0 Å². The molecule has 0 fully saturated rings. The summed E-state index contributed by atoms with van der Waals surface area (Å²) in [6.07, 6.45) is 0. The molecule has 6 heteroatoms. The lowest BCUT2D eigenvalue weighted by Crippen LogP contribution is -2.37. The van der Waals surface area contributed by atoms with E-state index in [2.05, 4.69) is 5.32 Å². The van der Waals surface area contributed by atoms with E-state index in [0.717, 1.165) is 0 Å². The van der Waals surface area contributed by atoms with Gasteiger partial charge in [0.05, 0.1) is 22.3 Å². The fourth-order valence-electron chi connectivity index (χ4n) is 1.66. The minimum atomic E-state index is -0.0664. The molecule has 4 nitrogen and oxygen atoms in total. The van der Waals surface area contributed by atoms with Crippen molar-refractivity contribution in [2.24, 2.45) is 0 Å². The van der Waals surface area contributed by atoms with Crippen LogP contribution in [0.15, 0.2) is 12.1 Å². The van der Waals surface area contributed by atoms with Gasteiger partial charge in [0, 0.05) is 18.8 Å². The zero-order valence-electron chi connectivity index (χ0n) is 10.5. The quantitative estimate of drug-likeness (QED) is 0.819. The van der Waals surface area contributed by atoms with Crippen LogP contribution in [0.5, 0.6) is 0 Å². The first-order chi connectivity index (χ1) is 8.49. The number of halogens is 2. The Bertz CT molecular complexity index is 414. The normalized spacial score (nSPS) is 10.2. The first-order valence-corrected chi connectivity index (χ1v) is 6.51. The Labute approximate surface area is 117 Å². The van der Waals surface area contributed by atoms with Crippen molar-refractivity contribution in [3.63, 3.8) is 0 Å². The Balaban J connectivity index is 2.98. The Kier molecular flexibility index (Phi) is 5.56. The molecule has 0 aliphatic rings. The molecular formula is C12H17Cl2N3O. The number of anilines is 2. The van der Waals surface area contributed by atoms with E-state index in [-0.39, 0.29) is 12.5 Å². The molecule has 1 rings (SSSR count). The summed E-state index contributed by atoms with van der Waals surface area (Å²) < 4.78 is 0. The monoisotopic (exact) mass is 289 g/mol. The lowest BCUT2D eigenvalue weighted by Gasteiger charge is -2.24. The van der Waals surface area contributed by atoms with Crippen molar-refractivity contribution in [3.8, 4) is 0 Å². The van der Waals surface area contributed by atoms with Gasteiger partial charge >= 0.3 is 0 Å². The molecule has 0 atom stereocenters. The molecule has 0 radical (unpaired) electrons. The number of nitrogens with one attached hydrogen (secondary N) is 1. The van der Waals surface area contributed by atoms with Crippen molar-refractivity contribution in [1.29, 1.82) is 0 Å². The summed E-state index contributed by atoms with van der Waals surface area (Å²) in [6.45, 7) is 5.24. The first kappa shape index (κ1) is 14.9. The molecule has 0 aliphatic heterocycles. The number of carbonyl (C=O) groups is 1. The number of hydrogen-bond donors (Lipinski definition) is 2. The number of amides is 1. The molecule has 0 spiro atoms. The van der Waals surface area contributed by atoms with Crippen LogP contribution in [-0.4, -0.2) is 25.5 Å². The van der Waals surface area contributed by atoms with Gasteiger partial charge in [-0.2, -0.15) is 0 Å². The molecule has 0 saturated carbocycles. The van der Waals surface area contributed by atoms with Crippen LogP contribution in [0.3, 0.4) is 0 Å². The number of nitrogens with zero attached hydrogens (tertiary/aromatic N) is 1. The minimum absolute atomic E-state index is 0.0664. The number of hydrogen-bond acceptors (Lipinski definition) is 3. The van der Waals surface area contributed by atoms with Gasteiger partial charge in [0.1, 0.15) is 0 Å². The fourth-order valence-corrected chi connectivity index (χ4v) is 2.41. The van der Waals surface area contributed by atoms with E-state index in [0.29, 0.717) is 34.5 Å². The number of benzene rings is 1. The van der Waals surface area contributed by atoms with Gasteiger partial charge in [-0.15, -0.1) is 0 Å². The van der Waals surface area contributed by atoms with Crippen LogP contribution in [0.2, 0.25) is 10.0 Å². The number of likely N-dealkylation sites (N-methyl/N-ethyl adjacent to an activating group) is 2. The van der Waals surface area contributed by atoms with Crippen molar-refractivity contribution in [1.82, 2.24) is 5.32 Å². The zero-order chi connectivity index (χ0) is 13.7. The third-order valence-corrected chi connectivity index (χ3v) is 3.02. The van der Waals surface area contributed by atoms with Gasteiger partial charge in [-0.05, 0) is 26.0 Å². The second-order valence-corrected chi connectivity index (χ2v) is 4.62. The van der Waals surface area contributed by atoms with Gasteiger partial charge in [-0.25, -0.2) is 0 Å². The van der Waals surface area contributed by atoms with Crippen LogP contribution < -0.4 is 16.0 Å². The van der Waals surface area contributed by atoms with Gasteiger partial charge in [0.2, 0.25) is 5.91 Å². The number of nitrogen functional groups attached to an aromatic ring is 1. The Hall–Kier alpha value is -1.13. The van der Waals surface area contributed by atoms with E-state index in [1.165, 1.54) is 0 Å². The number of nitrogens with two attached hydrogens (primary N) is 1. The molecule has 1 aromatic rings. The Morgan fingerprint density at radius 2 is 1.89 bits per heavy atom. The predicted molar refractivity (Wildman–Crippen MR) is 77.4 cm³/mol. The molecule has 1 amide bonds. The SMILES string of the molecule is CCNC(=O)CN(CC)c1c(Cl)cc(N)cc1Cl. The predicted octanol–water partition coefficient (Wildman–Crippen LogP) is 2.54. The molecular weight excluding hydrogens is 273 g/mol. The molecule has 0 unspecified atom stereocenters. The van der Waals surface area contributed by atoms with Crippen LogP contribution in [-0.2, 0) is 4.79 Å². The van der Waals surface area contributed by atoms with E-state index in [9.17, 15) is 4.79 Å². The average molecular weight is 290 g/mol. The Morgan fingerprint density at radius 3 is 2.33 bits per heavy atom. The summed E-state index contributed by atoms with van der Waals surface area (Å²) in [7, 11) is 0. The second-order valence-electron chi connectivity index (χ2n) is 3.80. The van der Waals surface area contributed by atoms with Crippen molar-refractivity contribution >= 4 is 40.5 Å². The van der Waals surface area contributed by atoms with Gasteiger partial charge in [-0.3, -0.25) is 4.79 Å². The maximum Gasteiger partial charge on any atom is 0.239 e. The first-order valence-electron chi connectivity index (χ1n) is 5.75. The van der Waals surface area contributed by atoms with Gasteiger partial charge in [0.15, 0.2) is 0 Å². The topological polar surface area (TPSA) is 58.4 Å². The highest BCUT2D eigenvalue weighted by Crippen LogP contribution is 2.35. The molecule has 0 aromatic heterocycles. The second kappa shape index (κ2) is 6.71. The zero-order valence-corrected chi connectivity index (χ0v) is 12.0. The van der Waals surface area contributed by atoms with E-state index in [1.807, 2.05) is 18.7 Å². The number of rotatable bonds is 5. The van der Waals surface area contributed by atoms with Crippen molar-refractivity contribution in [2.75, 3.05) is 30.3 Å². The van der Waals surface area contributed by atoms with Crippen LogP contribution in [0.1, 0.15) is 13.8 Å². The van der Waals surface area contributed by atoms with E-state index in [4.69, 9.17) is 28.9 Å². The van der Waals surface area contributed by atoms with Crippen LogP contribution in [0, 0.1) is 0 Å². The third kappa shape index (κ3) is 3.68. The van der Waals surface area contributed by atoms with Crippen LogP contribution in [0.4, 0.5) is 11.4 Å². The largest absolute Gasteiger partial charge is 0.399 e. The summed E-state index contributed by atoms with van der Waals surface area (Å²) in [5, 5.41) is 3.64. The van der Waals surface area contributed by atoms with E-state index in [1.54, 1.807) is 12.1 Å². The van der Waals surface area contributed by atoms with Gasteiger partial charge in [0.25, 0.3) is 0 Å². The fraction of sp³-hybridized carbons (Fsp3) is 0.417. The van der Waals surface area contributed by atoms with Crippen molar-refractivity contribution in [3.05, 3.63) is 22.2 Å². The third-order valence-electron chi connectivity index (χ3n) is 2.45. The molecule has 0 heterocycles. The summed E-state index contributed by atoms with van der Waals surface area (Å²) in [5.41, 5.74) is 6.79. The molecule has 0 aliphatic carbocycles. The Morgan fingerprint density at radius 1 is 1.33 bits per heavy atom. The molecule has 100 valence electrons. The molecule has 0 bridgehead atoms. The highest BCUT2D eigenvalue weighted by Gasteiger charge is 2.16. The van der Waals surface area contributed by atoms with Crippen molar-refractivity contribution in [2.45, 2.75) is 13.8 Å². The van der Waals surface area contributed by atoms with Crippen LogP contribution in [0.25, 0.3) is 0 Å². The maximum absolute atomic E-state index is 11.6. The summed E-state index contributed by atoms with van der Waals surface area (Å²) in [5.74, 6) is -0.0664. The van der Waals surface area contributed by atoms with E-state index < -0.39 is 0 Å². The van der Waals surface area contributed by atoms with Gasteiger partial charge < -0.3 is 16.0 Å². The lowest BCUT2D eigenvalue weighted by atomic mass is 10.2. The molecule has 1 aromatic carbocycles. The van der Waals surface area contributed by atoms with Gasteiger partial charge in [-0.1, -0.05) is 23.2 Å². The standard InChI is InChI=1S/C12H17Cl2N3O/c1-3-16-11(18)7-17(4-2)12-9(13)5-8(15)6-10(12)14/h5-6H,3-4,7,15H2,1-2H3,(H,16,18). The smallest absolute Gasteiger partial charge is 0.239 e. The maximum atomic E-state index is 11.6. The molecule has 0 saturated heterocycles. The summed E-state index contributed by atoms with van der Waals surface area (Å²) >= 11 is 12.3. The summed E-state index contributed by atoms with van der Waals surface area (Å²) in [4.78, 5) is 13.4. The summed E-state index contributed by atoms with van der Waals surface area (Å²) in [6, 6.07) is 3.26. The molecule has 18 heavy (non-hydrogen) atoms.